The van der Waals surface area contributed by atoms with E-state index < -0.39 is 0 Å². The van der Waals surface area contributed by atoms with Gasteiger partial charge in [-0.2, -0.15) is 0 Å². The molecule has 0 radical (unpaired) electrons. The fourth-order valence-corrected chi connectivity index (χ4v) is 2.26. The third-order valence-corrected chi connectivity index (χ3v) is 3.70. The van der Waals surface area contributed by atoms with Crippen molar-refractivity contribution in [1.82, 2.24) is 0 Å². The number of ether oxygens (including phenoxy) is 4. The van der Waals surface area contributed by atoms with Gasteiger partial charge in [-0.1, -0.05) is 36.4 Å². The van der Waals surface area contributed by atoms with Crippen molar-refractivity contribution in [2.75, 3.05) is 26.4 Å². The largest absolute Gasteiger partial charge is 0.493 e. The van der Waals surface area contributed by atoms with Crippen LogP contribution in [0.2, 0.25) is 0 Å². The fraction of sp³-hybridized carbons (Fsp3) is 0.364. The lowest BCUT2D eigenvalue weighted by atomic mass is 10.3. The molecule has 2 aromatic carbocycles. The Balaban J connectivity index is 1.40. The van der Waals surface area contributed by atoms with Crippen molar-refractivity contribution in [3.63, 3.8) is 0 Å². The number of para-hydroxylation sites is 2. The minimum Gasteiger partial charge on any atom is -0.493 e. The summed E-state index contributed by atoms with van der Waals surface area (Å²) < 4.78 is 21.1. The quantitative estimate of drug-likeness (QED) is 0.385. The van der Waals surface area contributed by atoms with Gasteiger partial charge in [-0.25, -0.2) is 0 Å². The number of rotatable bonds is 13. The van der Waals surface area contributed by atoms with Crippen LogP contribution in [0.25, 0.3) is 0 Å². The summed E-state index contributed by atoms with van der Waals surface area (Å²) in [5.74, 6) is 0.856. The number of benzene rings is 2. The summed E-state index contributed by atoms with van der Waals surface area (Å²) in [7, 11) is 0. The van der Waals surface area contributed by atoms with Crippen LogP contribution in [-0.4, -0.2) is 38.4 Å². The summed E-state index contributed by atoms with van der Waals surface area (Å²) in [5, 5.41) is 0. The molecular weight excluding hydrogens is 360 g/mol. The highest BCUT2D eigenvalue weighted by Gasteiger charge is 2.05. The lowest BCUT2D eigenvalue weighted by Crippen LogP contribution is -2.12. The summed E-state index contributed by atoms with van der Waals surface area (Å²) in [5.41, 5.74) is 0. The highest BCUT2D eigenvalue weighted by Crippen LogP contribution is 2.09. The van der Waals surface area contributed by atoms with Gasteiger partial charge in [-0.15, -0.1) is 0 Å². The molecule has 0 saturated heterocycles. The molecule has 0 amide bonds. The number of esters is 2. The van der Waals surface area contributed by atoms with Gasteiger partial charge in [0.1, 0.15) is 11.5 Å². The van der Waals surface area contributed by atoms with E-state index in [1.165, 1.54) is 0 Å². The van der Waals surface area contributed by atoms with E-state index in [1.807, 2.05) is 60.7 Å². The minimum atomic E-state index is -0.300. The van der Waals surface area contributed by atoms with Crippen LogP contribution in [0.4, 0.5) is 0 Å². The Morgan fingerprint density at radius 3 is 1.36 bits per heavy atom. The molecule has 150 valence electrons. The molecule has 0 saturated carbocycles. The summed E-state index contributed by atoms with van der Waals surface area (Å²) in [6.07, 6.45) is 1.68. The van der Waals surface area contributed by atoms with Gasteiger partial charge in [0.2, 0.25) is 0 Å². The van der Waals surface area contributed by atoms with E-state index in [0.29, 0.717) is 26.1 Å². The van der Waals surface area contributed by atoms with Crippen molar-refractivity contribution >= 4 is 11.9 Å². The van der Waals surface area contributed by atoms with Gasteiger partial charge in [-0.3, -0.25) is 9.59 Å². The molecule has 28 heavy (non-hydrogen) atoms. The molecule has 0 spiro atoms. The first-order valence-electron chi connectivity index (χ1n) is 9.41. The standard InChI is InChI=1S/C22H26O6/c23-21(13-17-25-19-9-3-1-4-10-19)27-15-7-8-16-28-22(24)14-18-26-20-11-5-2-6-12-20/h1-6,9-12H,7-8,13-18H2. The van der Waals surface area contributed by atoms with Crippen molar-refractivity contribution in [3.05, 3.63) is 60.7 Å². The van der Waals surface area contributed by atoms with Crippen LogP contribution in [-0.2, 0) is 19.1 Å². The number of unbranched alkanes of at least 4 members (excludes halogenated alkanes) is 1. The number of hydrogen-bond donors (Lipinski definition) is 0. The van der Waals surface area contributed by atoms with Crippen LogP contribution < -0.4 is 9.47 Å². The first kappa shape index (κ1) is 21.3. The molecule has 6 nitrogen and oxygen atoms in total. The summed E-state index contributed by atoms with van der Waals surface area (Å²) in [6.45, 7) is 1.18. The summed E-state index contributed by atoms with van der Waals surface area (Å²) in [6, 6.07) is 18.6. The van der Waals surface area contributed by atoms with Gasteiger partial charge in [0.15, 0.2) is 0 Å². The van der Waals surface area contributed by atoms with Crippen LogP contribution in [0.1, 0.15) is 25.7 Å². The third kappa shape index (κ3) is 9.62. The van der Waals surface area contributed by atoms with E-state index in [1.54, 1.807) is 0 Å². The van der Waals surface area contributed by atoms with E-state index in [-0.39, 0.29) is 38.0 Å². The fourth-order valence-electron chi connectivity index (χ4n) is 2.26. The van der Waals surface area contributed by atoms with E-state index in [4.69, 9.17) is 18.9 Å². The first-order valence-corrected chi connectivity index (χ1v) is 9.41. The lowest BCUT2D eigenvalue weighted by Gasteiger charge is -2.08. The normalized spacial score (nSPS) is 10.1. The molecule has 6 heteroatoms. The second-order valence-corrected chi connectivity index (χ2v) is 5.97. The smallest absolute Gasteiger partial charge is 0.309 e. The Labute approximate surface area is 165 Å². The summed E-state index contributed by atoms with van der Waals surface area (Å²) in [4.78, 5) is 23.2. The Morgan fingerprint density at radius 2 is 0.964 bits per heavy atom. The van der Waals surface area contributed by atoms with Gasteiger partial charge >= 0.3 is 11.9 Å². The second-order valence-electron chi connectivity index (χ2n) is 5.97. The average Bonchev–Trinajstić information content (AvgIpc) is 2.72. The molecule has 2 aromatic rings. The molecule has 0 aromatic heterocycles. The Bertz CT molecular complexity index is 625. The molecule has 0 atom stereocenters. The first-order chi connectivity index (χ1) is 13.7. The Morgan fingerprint density at radius 1 is 0.571 bits per heavy atom. The molecule has 2 rings (SSSR count). The SMILES string of the molecule is O=C(CCOc1ccccc1)OCCCCOC(=O)CCOc1ccccc1. The molecule has 0 aliphatic heterocycles. The van der Waals surface area contributed by atoms with Gasteiger partial charge < -0.3 is 18.9 Å². The second kappa shape index (κ2) is 13.2. The minimum absolute atomic E-state index is 0.200. The zero-order valence-electron chi connectivity index (χ0n) is 15.9. The van der Waals surface area contributed by atoms with Gasteiger partial charge in [0.25, 0.3) is 0 Å². The summed E-state index contributed by atoms with van der Waals surface area (Å²) >= 11 is 0. The van der Waals surface area contributed by atoms with E-state index in [2.05, 4.69) is 0 Å². The Hall–Kier alpha value is -3.02. The molecule has 0 fully saturated rings. The molecule has 0 N–H and O–H groups in total. The zero-order chi connectivity index (χ0) is 19.9. The van der Waals surface area contributed by atoms with E-state index in [0.717, 1.165) is 11.5 Å². The number of carbonyl (C=O) groups is 2. The highest BCUT2D eigenvalue weighted by molar-refractivity contribution is 5.69. The van der Waals surface area contributed by atoms with Crippen molar-refractivity contribution in [2.45, 2.75) is 25.7 Å². The maximum atomic E-state index is 11.6. The van der Waals surface area contributed by atoms with Gasteiger partial charge in [-0.05, 0) is 37.1 Å². The van der Waals surface area contributed by atoms with Crippen LogP contribution in [0, 0.1) is 0 Å². The van der Waals surface area contributed by atoms with Gasteiger partial charge in [0, 0.05) is 0 Å². The lowest BCUT2D eigenvalue weighted by molar-refractivity contribution is -0.146. The molecular formula is C22H26O6. The molecule has 0 unspecified atom stereocenters. The predicted octanol–water partition coefficient (Wildman–Crippen LogP) is 3.79. The van der Waals surface area contributed by atoms with Gasteiger partial charge in [0.05, 0.1) is 39.3 Å². The van der Waals surface area contributed by atoms with E-state index >= 15 is 0 Å². The highest BCUT2D eigenvalue weighted by atomic mass is 16.5. The third-order valence-electron chi connectivity index (χ3n) is 3.70. The van der Waals surface area contributed by atoms with Crippen LogP contribution in [0.3, 0.4) is 0 Å². The van der Waals surface area contributed by atoms with E-state index in [9.17, 15) is 9.59 Å². The Kier molecular flexibility index (Phi) is 10.0. The van der Waals surface area contributed by atoms with Crippen molar-refractivity contribution in [3.8, 4) is 11.5 Å². The van der Waals surface area contributed by atoms with Crippen molar-refractivity contribution < 1.29 is 28.5 Å². The number of carbonyl (C=O) groups excluding carboxylic acids is 2. The topological polar surface area (TPSA) is 71.1 Å². The van der Waals surface area contributed by atoms with Crippen LogP contribution in [0.5, 0.6) is 11.5 Å². The van der Waals surface area contributed by atoms with Crippen molar-refractivity contribution in [1.29, 1.82) is 0 Å². The molecule has 0 aliphatic rings. The zero-order valence-corrected chi connectivity index (χ0v) is 15.9. The van der Waals surface area contributed by atoms with Crippen molar-refractivity contribution in [2.24, 2.45) is 0 Å². The number of hydrogen-bond acceptors (Lipinski definition) is 6. The maximum Gasteiger partial charge on any atom is 0.309 e. The molecule has 0 heterocycles. The maximum absolute atomic E-state index is 11.6. The molecule has 0 aliphatic carbocycles. The van der Waals surface area contributed by atoms with Crippen LogP contribution >= 0.6 is 0 Å². The molecule has 0 bridgehead atoms. The predicted molar refractivity (Wildman–Crippen MR) is 104 cm³/mol. The average molecular weight is 386 g/mol. The van der Waals surface area contributed by atoms with Crippen LogP contribution in [0.15, 0.2) is 60.7 Å². The monoisotopic (exact) mass is 386 g/mol.